The molecule has 0 aliphatic heterocycles. The molecule has 1 N–H and O–H groups in total. The standard InChI is InChI=1S/C12H17N3O2S/c1-2-3-4-5-6-7-10-14-15-11(17)8-9(16)13-12(15)18-10/h8,16H,2-7H2,1H3. The summed E-state index contributed by atoms with van der Waals surface area (Å²) in [5.74, 6) is -0.238. The Hall–Kier alpha value is -1.43. The van der Waals surface area contributed by atoms with Crippen LogP contribution >= 0.6 is 11.3 Å². The third-order valence-electron chi connectivity index (χ3n) is 2.77. The lowest BCUT2D eigenvalue weighted by molar-refractivity contribution is 0.452. The highest BCUT2D eigenvalue weighted by atomic mass is 32.1. The summed E-state index contributed by atoms with van der Waals surface area (Å²) in [7, 11) is 0. The van der Waals surface area contributed by atoms with Crippen molar-refractivity contribution in [3.8, 4) is 5.88 Å². The molecule has 0 amide bonds. The van der Waals surface area contributed by atoms with E-state index in [4.69, 9.17) is 0 Å². The second-order valence-electron chi connectivity index (χ2n) is 4.31. The van der Waals surface area contributed by atoms with Gasteiger partial charge in [-0.2, -0.15) is 14.6 Å². The van der Waals surface area contributed by atoms with Gasteiger partial charge in [0.1, 0.15) is 5.01 Å². The van der Waals surface area contributed by atoms with E-state index in [0.29, 0.717) is 4.96 Å². The number of unbranched alkanes of at least 4 members (excludes halogenated alkanes) is 4. The van der Waals surface area contributed by atoms with Gasteiger partial charge >= 0.3 is 0 Å². The van der Waals surface area contributed by atoms with Crippen LogP contribution in [0.3, 0.4) is 0 Å². The van der Waals surface area contributed by atoms with Crippen LogP contribution in [0, 0.1) is 0 Å². The number of rotatable bonds is 6. The van der Waals surface area contributed by atoms with Crippen molar-refractivity contribution in [3.63, 3.8) is 0 Å². The van der Waals surface area contributed by atoms with Gasteiger partial charge in [-0.25, -0.2) is 0 Å². The molecule has 2 rings (SSSR count). The van der Waals surface area contributed by atoms with E-state index in [9.17, 15) is 9.90 Å². The molecule has 0 radical (unpaired) electrons. The molecule has 0 unspecified atom stereocenters. The molecule has 2 aromatic rings. The van der Waals surface area contributed by atoms with Crippen LogP contribution in [0.5, 0.6) is 5.88 Å². The minimum absolute atomic E-state index is 0.238. The van der Waals surface area contributed by atoms with Crippen molar-refractivity contribution in [2.24, 2.45) is 0 Å². The van der Waals surface area contributed by atoms with Crippen molar-refractivity contribution in [3.05, 3.63) is 21.4 Å². The number of fused-ring (bicyclic) bond motifs is 1. The van der Waals surface area contributed by atoms with Gasteiger partial charge in [-0.3, -0.25) is 4.79 Å². The predicted molar refractivity (Wildman–Crippen MR) is 71.3 cm³/mol. The molecular formula is C12H17N3O2S. The van der Waals surface area contributed by atoms with Gasteiger partial charge in [0, 0.05) is 6.42 Å². The van der Waals surface area contributed by atoms with Gasteiger partial charge in [-0.15, -0.1) is 0 Å². The van der Waals surface area contributed by atoms with E-state index < -0.39 is 0 Å². The maximum absolute atomic E-state index is 11.5. The van der Waals surface area contributed by atoms with E-state index in [2.05, 4.69) is 17.0 Å². The number of hydrogen-bond acceptors (Lipinski definition) is 5. The van der Waals surface area contributed by atoms with Crippen LogP contribution in [-0.2, 0) is 6.42 Å². The highest BCUT2D eigenvalue weighted by Crippen LogP contribution is 2.16. The average Bonchev–Trinajstić information content (AvgIpc) is 2.72. The Morgan fingerprint density at radius 2 is 2.11 bits per heavy atom. The van der Waals surface area contributed by atoms with E-state index in [1.807, 2.05) is 0 Å². The quantitative estimate of drug-likeness (QED) is 0.816. The number of hydrogen-bond donors (Lipinski definition) is 1. The lowest BCUT2D eigenvalue weighted by Crippen LogP contribution is -2.13. The predicted octanol–water partition coefficient (Wildman–Crippen LogP) is 2.37. The molecule has 0 atom stereocenters. The summed E-state index contributed by atoms with van der Waals surface area (Å²) in [6.45, 7) is 2.19. The third-order valence-corrected chi connectivity index (χ3v) is 3.74. The fraction of sp³-hybridized carbons (Fsp3) is 0.583. The second kappa shape index (κ2) is 5.95. The topological polar surface area (TPSA) is 67.5 Å². The van der Waals surface area contributed by atoms with E-state index >= 15 is 0 Å². The van der Waals surface area contributed by atoms with Crippen LogP contribution in [-0.4, -0.2) is 19.7 Å². The normalized spacial score (nSPS) is 11.2. The second-order valence-corrected chi connectivity index (χ2v) is 5.35. The van der Waals surface area contributed by atoms with Crippen molar-refractivity contribution in [2.45, 2.75) is 45.4 Å². The average molecular weight is 267 g/mol. The highest BCUT2D eigenvalue weighted by Gasteiger charge is 2.08. The largest absolute Gasteiger partial charge is 0.493 e. The zero-order chi connectivity index (χ0) is 13.0. The van der Waals surface area contributed by atoms with Crippen LogP contribution < -0.4 is 5.56 Å². The zero-order valence-electron chi connectivity index (χ0n) is 10.4. The Balaban J connectivity index is 2.02. The van der Waals surface area contributed by atoms with Crippen LogP contribution in [0.15, 0.2) is 10.9 Å². The molecule has 2 aromatic heterocycles. The first kappa shape index (κ1) is 13.0. The third kappa shape index (κ3) is 3.07. The molecular weight excluding hydrogens is 250 g/mol. The summed E-state index contributed by atoms with van der Waals surface area (Å²) < 4.78 is 1.26. The summed E-state index contributed by atoms with van der Waals surface area (Å²) in [4.78, 5) is 15.9. The fourth-order valence-corrected chi connectivity index (χ4v) is 2.76. The SMILES string of the molecule is CCCCCCCc1nn2c(=O)cc(O)nc2s1. The first-order valence-corrected chi connectivity index (χ1v) is 7.11. The minimum Gasteiger partial charge on any atom is -0.493 e. The molecule has 18 heavy (non-hydrogen) atoms. The summed E-state index contributed by atoms with van der Waals surface area (Å²) in [5.41, 5.74) is -0.328. The molecule has 0 aliphatic rings. The summed E-state index contributed by atoms with van der Waals surface area (Å²) in [6, 6.07) is 1.08. The smallest absolute Gasteiger partial charge is 0.278 e. The summed E-state index contributed by atoms with van der Waals surface area (Å²) in [5, 5.41) is 14.4. The van der Waals surface area contributed by atoms with Crippen molar-refractivity contribution < 1.29 is 5.11 Å². The van der Waals surface area contributed by atoms with Crippen LogP contribution in [0.4, 0.5) is 0 Å². The van der Waals surface area contributed by atoms with E-state index in [0.717, 1.165) is 23.9 Å². The Morgan fingerprint density at radius 1 is 1.33 bits per heavy atom. The summed E-state index contributed by atoms with van der Waals surface area (Å²) in [6.07, 6.45) is 6.91. The molecule has 6 heteroatoms. The molecule has 0 saturated carbocycles. The highest BCUT2D eigenvalue weighted by molar-refractivity contribution is 7.16. The van der Waals surface area contributed by atoms with Gasteiger partial charge in [0.25, 0.3) is 5.56 Å². The molecule has 0 spiro atoms. The Bertz CT molecular complexity index is 576. The molecule has 0 saturated heterocycles. The first-order valence-electron chi connectivity index (χ1n) is 6.29. The van der Waals surface area contributed by atoms with Crippen LogP contribution in [0.25, 0.3) is 4.96 Å². The van der Waals surface area contributed by atoms with E-state index in [1.165, 1.54) is 41.5 Å². The van der Waals surface area contributed by atoms with Crippen molar-refractivity contribution in [2.75, 3.05) is 0 Å². The first-order chi connectivity index (χ1) is 8.70. The Morgan fingerprint density at radius 3 is 2.89 bits per heavy atom. The van der Waals surface area contributed by atoms with E-state index in [-0.39, 0.29) is 11.4 Å². The van der Waals surface area contributed by atoms with Crippen molar-refractivity contribution in [1.82, 2.24) is 14.6 Å². The van der Waals surface area contributed by atoms with Crippen LogP contribution in [0.1, 0.15) is 44.0 Å². The number of aryl methyl sites for hydroxylation is 1. The van der Waals surface area contributed by atoms with Gasteiger partial charge in [-0.1, -0.05) is 43.9 Å². The molecule has 0 aromatic carbocycles. The Labute approximate surface area is 109 Å². The number of aromatic hydroxyl groups is 1. The van der Waals surface area contributed by atoms with Gasteiger partial charge in [-0.05, 0) is 6.42 Å². The monoisotopic (exact) mass is 267 g/mol. The molecule has 0 bridgehead atoms. The molecule has 2 heterocycles. The van der Waals surface area contributed by atoms with Crippen molar-refractivity contribution >= 4 is 16.3 Å². The fourth-order valence-electron chi connectivity index (χ4n) is 1.82. The van der Waals surface area contributed by atoms with Gasteiger partial charge in [0.2, 0.25) is 10.8 Å². The number of nitrogens with zero attached hydrogens (tertiary/aromatic N) is 3. The lowest BCUT2D eigenvalue weighted by atomic mass is 10.1. The Kier molecular flexibility index (Phi) is 4.30. The lowest BCUT2D eigenvalue weighted by Gasteiger charge is -1.96. The zero-order valence-corrected chi connectivity index (χ0v) is 11.2. The minimum atomic E-state index is -0.328. The summed E-state index contributed by atoms with van der Waals surface area (Å²) >= 11 is 1.37. The maximum atomic E-state index is 11.5. The van der Waals surface area contributed by atoms with E-state index in [1.54, 1.807) is 0 Å². The van der Waals surface area contributed by atoms with Crippen LogP contribution in [0.2, 0.25) is 0 Å². The molecule has 98 valence electrons. The maximum Gasteiger partial charge on any atom is 0.278 e. The van der Waals surface area contributed by atoms with Gasteiger partial charge < -0.3 is 5.11 Å². The van der Waals surface area contributed by atoms with Crippen molar-refractivity contribution in [1.29, 1.82) is 0 Å². The van der Waals surface area contributed by atoms with Gasteiger partial charge in [0.05, 0.1) is 6.07 Å². The molecule has 0 aliphatic carbocycles. The molecule has 5 nitrogen and oxygen atoms in total. The molecule has 0 fully saturated rings. The number of aromatic nitrogens is 3. The van der Waals surface area contributed by atoms with Gasteiger partial charge in [0.15, 0.2) is 0 Å².